The molecule has 0 unspecified atom stereocenters. The van der Waals surface area contributed by atoms with Gasteiger partial charge in [0, 0.05) is 44.9 Å². The van der Waals surface area contributed by atoms with E-state index in [0.717, 1.165) is 129 Å². The monoisotopic (exact) mass is 942 g/mol. The molecule has 0 aliphatic carbocycles. The van der Waals surface area contributed by atoms with Crippen LogP contribution in [0, 0.1) is 5.41 Å². The van der Waals surface area contributed by atoms with E-state index in [1.165, 1.54) is 0 Å². The Balaban J connectivity index is 5.48. The topological polar surface area (TPSA) is 187 Å². The summed E-state index contributed by atoms with van der Waals surface area (Å²) in [6.45, 7) is 7.09. The Morgan fingerprint density at radius 2 is 0.515 bits per heavy atom. The first-order valence-electron chi connectivity index (χ1n) is 25.6. The molecule has 66 heavy (non-hydrogen) atoms. The second-order valence-electron chi connectivity index (χ2n) is 17.9. The molecule has 0 saturated heterocycles. The fourth-order valence-corrected chi connectivity index (χ4v) is 6.58. The quantitative estimate of drug-likeness (QED) is 0.0318. The van der Waals surface area contributed by atoms with Gasteiger partial charge in [0.15, 0.2) is 0 Å². The van der Waals surface area contributed by atoms with E-state index in [1.807, 2.05) is 39.8 Å². The van der Waals surface area contributed by atoms with E-state index >= 15 is 0 Å². The van der Waals surface area contributed by atoms with E-state index in [2.05, 4.69) is 0 Å². The van der Waals surface area contributed by atoms with Crippen LogP contribution in [0.5, 0.6) is 0 Å². The first-order valence-corrected chi connectivity index (χ1v) is 25.6. The molecule has 0 radical (unpaired) electrons. The normalized spacial score (nSPS) is 11.2. The van der Waals surface area contributed by atoms with E-state index in [-0.39, 0.29) is 70.0 Å². The third kappa shape index (κ3) is 40.5. The summed E-state index contributed by atoms with van der Waals surface area (Å²) >= 11 is 0. The number of nitrogens with zero attached hydrogens (tertiary/aromatic N) is 1. The molecule has 0 saturated carbocycles. The molecule has 15 heteroatoms. The number of hydrogen-bond acceptors (Lipinski definition) is 15. The number of unbranched alkanes of at least 4 members (excludes halogenated alkanes) is 16. The van der Waals surface area contributed by atoms with Gasteiger partial charge in [0.25, 0.3) is 0 Å². The highest BCUT2D eigenvalue weighted by Crippen LogP contribution is 2.24. The minimum atomic E-state index is -1.34. The zero-order chi connectivity index (χ0) is 48.9. The molecule has 0 atom stereocenters. The lowest BCUT2D eigenvalue weighted by atomic mass is 9.92. The van der Waals surface area contributed by atoms with Crippen LogP contribution in [0.25, 0.3) is 0 Å². The van der Waals surface area contributed by atoms with Crippen LogP contribution < -0.4 is 0 Å². The average molecular weight is 942 g/mol. The molecule has 0 aromatic heterocycles. The summed E-state index contributed by atoms with van der Waals surface area (Å²) in [4.78, 5) is 89.8. The first kappa shape index (κ1) is 62.2. The van der Waals surface area contributed by atoms with Crippen molar-refractivity contribution in [2.45, 2.75) is 213 Å². The summed E-state index contributed by atoms with van der Waals surface area (Å²) in [7, 11) is 3.92. The van der Waals surface area contributed by atoms with Crippen LogP contribution >= 0.6 is 0 Å². The Morgan fingerprint density at radius 3 is 0.742 bits per heavy atom. The van der Waals surface area contributed by atoms with Crippen LogP contribution in [-0.4, -0.2) is 114 Å². The van der Waals surface area contributed by atoms with Crippen molar-refractivity contribution in [2.75, 3.05) is 66.9 Å². The van der Waals surface area contributed by atoms with Gasteiger partial charge in [-0.2, -0.15) is 0 Å². The minimum Gasteiger partial charge on any atom is -0.466 e. The molecular formula is C51H91NO14. The number of carbonyl (C=O) groups is 7. The predicted molar refractivity (Wildman–Crippen MR) is 253 cm³/mol. The van der Waals surface area contributed by atoms with Gasteiger partial charge >= 0.3 is 41.8 Å². The standard InChI is InChI=1S/C51H91NO14/c1-6-9-37-60-44(53)29-21-15-12-18-24-32-47(56)63-40-51(43-66-50(59)35-27-28-36-52(4)5,41-64-48(57)33-25-19-13-16-22-30-45(54)61-38-10-7-2)42-65-49(58)34-26-20-14-17-23-31-46(55)62-39-11-8-3/h6-43H2,1-5H3. The van der Waals surface area contributed by atoms with Gasteiger partial charge in [-0.1, -0.05) is 97.8 Å². The van der Waals surface area contributed by atoms with Crippen molar-refractivity contribution >= 4 is 41.8 Å². The third-order valence-electron chi connectivity index (χ3n) is 11.0. The van der Waals surface area contributed by atoms with Crippen LogP contribution in [-0.2, 0) is 66.7 Å². The molecule has 0 aliphatic heterocycles. The second kappa shape index (κ2) is 43.8. The number of ether oxygens (including phenoxy) is 7. The highest BCUT2D eigenvalue weighted by molar-refractivity contribution is 5.72. The Labute approximate surface area is 398 Å². The van der Waals surface area contributed by atoms with Crippen LogP contribution in [0.2, 0.25) is 0 Å². The maximum Gasteiger partial charge on any atom is 0.305 e. The van der Waals surface area contributed by atoms with E-state index in [4.69, 9.17) is 33.2 Å². The lowest BCUT2D eigenvalue weighted by Crippen LogP contribution is -2.44. The number of hydrogen-bond donors (Lipinski definition) is 0. The lowest BCUT2D eigenvalue weighted by Gasteiger charge is -2.31. The summed E-state index contributed by atoms with van der Waals surface area (Å²) in [5.41, 5.74) is -1.34. The predicted octanol–water partition coefficient (Wildman–Crippen LogP) is 10.1. The number of esters is 7. The molecule has 15 nitrogen and oxygen atoms in total. The summed E-state index contributed by atoms with van der Waals surface area (Å²) < 4.78 is 38.6. The van der Waals surface area contributed by atoms with E-state index in [9.17, 15) is 33.6 Å². The summed E-state index contributed by atoms with van der Waals surface area (Å²) in [5.74, 6) is -2.44. The molecule has 0 aromatic carbocycles. The molecule has 0 aromatic rings. The van der Waals surface area contributed by atoms with Gasteiger partial charge in [-0.3, -0.25) is 33.6 Å². The second-order valence-corrected chi connectivity index (χ2v) is 17.9. The Hall–Kier alpha value is -3.75. The number of carbonyl (C=O) groups excluding carboxylic acids is 7. The van der Waals surface area contributed by atoms with Crippen molar-refractivity contribution in [3.8, 4) is 0 Å². The molecule has 0 N–H and O–H groups in total. The Bertz CT molecular complexity index is 1160. The van der Waals surface area contributed by atoms with Crippen molar-refractivity contribution in [3.63, 3.8) is 0 Å². The molecule has 0 amide bonds. The highest BCUT2D eigenvalue weighted by Gasteiger charge is 2.38. The molecule has 0 aliphatic rings. The van der Waals surface area contributed by atoms with Gasteiger partial charge in [0.2, 0.25) is 0 Å². The summed E-state index contributed by atoms with van der Waals surface area (Å²) in [6.07, 6.45) is 19.8. The lowest BCUT2D eigenvalue weighted by molar-refractivity contribution is -0.171. The molecule has 0 spiro atoms. The van der Waals surface area contributed by atoms with E-state index in [1.54, 1.807) is 0 Å². The van der Waals surface area contributed by atoms with Gasteiger partial charge in [-0.05, 0) is 91.3 Å². The average Bonchev–Trinajstić information content (AvgIpc) is 3.29. The molecular weight excluding hydrogens is 851 g/mol. The van der Waals surface area contributed by atoms with Crippen molar-refractivity contribution in [2.24, 2.45) is 5.41 Å². The van der Waals surface area contributed by atoms with Crippen molar-refractivity contribution in [1.82, 2.24) is 4.90 Å². The Morgan fingerprint density at radius 1 is 0.303 bits per heavy atom. The van der Waals surface area contributed by atoms with Gasteiger partial charge in [-0.15, -0.1) is 0 Å². The minimum absolute atomic E-state index is 0.139. The zero-order valence-electron chi connectivity index (χ0n) is 42.0. The van der Waals surface area contributed by atoms with Gasteiger partial charge < -0.3 is 38.1 Å². The maximum atomic E-state index is 13.1. The largest absolute Gasteiger partial charge is 0.466 e. The first-order chi connectivity index (χ1) is 31.9. The van der Waals surface area contributed by atoms with Gasteiger partial charge in [0.1, 0.15) is 31.8 Å². The van der Waals surface area contributed by atoms with E-state index < -0.39 is 29.3 Å². The molecule has 0 bridgehead atoms. The van der Waals surface area contributed by atoms with Crippen LogP contribution in [0.4, 0.5) is 0 Å². The summed E-state index contributed by atoms with van der Waals surface area (Å²) in [5, 5.41) is 0. The van der Waals surface area contributed by atoms with E-state index in [0.29, 0.717) is 64.8 Å². The maximum absolute atomic E-state index is 13.1. The molecule has 384 valence electrons. The van der Waals surface area contributed by atoms with Crippen molar-refractivity contribution in [1.29, 1.82) is 0 Å². The van der Waals surface area contributed by atoms with Gasteiger partial charge in [-0.25, -0.2) is 0 Å². The van der Waals surface area contributed by atoms with Crippen LogP contribution in [0.15, 0.2) is 0 Å². The third-order valence-corrected chi connectivity index (χ3v) is 11.0. The Kier molecular flexibility index (Phi) is 41.3. The highest BCUT2D eigenvalue weighted by atomic mass is 16.6. The fourth-order valence-electron chi connectivity index (χ4n) is 6.58. The smallest absolute Gasteiger partial charge is 0.305 e. The van der Waals surface area contributed by atoms with Crippen LogP contribution in [0.1, 0.15) is 213 Å². The van der Waals surface area contributed by atoms with Gasteiger partial charge in [0.05, 0.1) is 19.8 Å². The zero-order valence-corrected chi connectivity index (χ0v) is 42.0. The molecule has 0 heterocycles. The molecule has 0 rings (SSSR count). The van der Waals surface area contributed by atoms with Crippen LogP contribution in [0.3, 0.4) is 0 Å². The fraction of sp³-hybridized carbons (Fsp3) is 0.863. The molecule has 0 fully saturated rings. The SMILES string of the molecule is CCCCOC(=O)CCCCCCCC(=O)OCC(COC(=O)CCCCCCCC(=O)OCCCC)(COC(=O)CCCCCCCC(=O)OCCCC)COC(=O)CCCCN(C)C. The van der Waals surface area contributed by atoms with Crippen molar-refractivity contribution in [3.05, 3.63) is 0 Å². The van der Waals surface area contributed by atoms with Crippen molar-refractivity contribution < 1.29 is 66.7 Å². The number of rotatable bonds is 46. The summed E-state index contributed by atoms with van der Waals surface area (Å²) in [6, 6.07) is 0.